The van der Waals surface area contributed by atoms with Gasteiger partial charge in [0, 0.05) is 0 Å². The van der Waals surface area contributed by atoms with E-state index in [1.54, 1.807) is 6.92 Å². The van der Waals surface area contributed by atoms with Crippen molar-refractivity contribution in [3.8, 4) is 0 Å². The van der Waals surface area contributed by atoms with E-state index in [4.69, 9.17) is 14.5 Å². The molecule has 0 bridgehead atoms. The summed E-state index contributed by atoms with van der Waals surface area (Å²) < 4.78 is 4.75. The number of allylic oxidation sites excluding steroid dienone is 1. The van der Waals surface area contributed by atoms with Gasteiger partial charge in [-0.25, -0.2) is 14.6 Å². The molecule has 0 aromatic rings. The first-order chi connectivity index (χ1) is 7.65. The van der Waals surface area contributed by atoms with Crippen molar-refractivity contribution in [2.75, 3.05) is 13.2 Å². The van der Waals surface area contributed by atoms with Gasteiger partial charge in [0.05, 0.1) is 12.2 Å². The maximum Gasteiger partial charge on any atom is 0.335 e. The van der Waals surface area contributed by atoms with Gasteiger partial charge >= 0.3 is 5.97 Å². The van der Waals surface area contributed by atoms with Crippen LogP contribution in [-0.2, 0) is 19.3 Å². The van der Waals surface area contributed by atoms with Crippen LogP contribution in [0.25, 0.3) is 0 Å². The highest BCUT2D eigenvalue weighted by atomic mass is 17.2. The molecule has 0 aliphatic rings. The summed E-state index contributed by atoms with van der Waals surface area (Å²) in [4.78, 5) is 21.1. The van der Waals surface area contributed by atoms with Crippen LogP contribution in [0, 0.1) is 0 Å². The maximum absolute atomic E-state index is 11.1. The summed E-state index contributed by atoms with van der Waals surface area (Å²) in [6, 6.07) is 0. The molecule has 0 spiro atoms. The van der Waals surface area contributed by atoms with E-state index in [1.165, 1.54) is 0 Å². The third-order valence-corrected chi connectivity index (χ3v) is 1.80. The second kappa shape index (κ2) is 9.12. The Kier molecular flexibility index (Phi) is 8.48. The van der Waals surface area contributed by atoms with Gasteiger partial charge in [0.1, 0.15) is 12.7 Å². The zero-order valence-corrected chi connectivity index (χ0v) is 10.2. The minimum Gasteiger partial charge on any atom is -0.463 e. The van der Waals surface area contributed by atoms with Crippen molar-refractivity contribution in [3.05, 3.63) is 24.3 Å². The van der Waals surface area contributed by atoms with Gasteiger partial charge < -0.3 is 4.74 Å². The third kappa shape index (κ3) is 6.37. The van der Waals surface area contributed by atoms with Gasteiger partial charge in [-0.15, -0.1) is 0 Å². The molecular weight excluding hydrogens is 208 g/mol. The molecule has 0 saturated carbocycles. The Morgan fingerprint density at radius 3 is 2.62 bits per heavy atom. The van der Waals surface area contributed by atoms with Crippen LogP contribution in [0.4, 0.5) is 0 Å². The second-order valence-electron chi connectivity index (χ2n) is 3.15. The van der Waals surface area contributed by atoms with Crippen molar-refractivity contribution in [2.24, 2.45) is 0 Å². The van der Waals surface area contributed by atoms with Gasteiger partial charge in [0.2, 0.25) is 0 Å². The van der Waals surface area contributed by atoms with Crippen molar-refractivity contribution in [1.29, 1.82) is 0 Å². The van der Waals surface area contributed by atoms with E-state index in [-0.39, 0.29) is 18.3 Å². The number of carbonyl (C=O) groups is 1. The molecule has 0 saturated heterocycles. The number of hydrogen-bond donors (Lipinski definition) is 0. The Morgan fingerprint density at radius 2 is 2.12 bits per heavy atom. The molecule has 0 fully saturated rings. The lowest BCUT2D eigenvalue weighted by Crippen LogP contribution is -2.15. The predicted octanol–water partition coefficient (Wildman–Crippen LogP) is 2.41. The van der Waals surface area contributed by atoms with E-state index in [0.717, 1.165) is 6.42 Å². The van der Waals surface area contributed by atoms with Crippen LogP contribution in [0.1, 0.15) is 27.2 Å². The average molecular weight is 228 g/mol. The van der Waals surface area contributed by atoms with E-state index >= 15 is 0 Å². The lowest BCUT2D eigenvalue weighted by atomic mass is 10.2. The first-order valence-corrected chi connectivity index (χ1v) is 5.41. The lowest BCUT2D eigenvalue weighted by Gasteiger charge is -2.11. The highest BCUT2D eigenvalue weighted by Crippen LogP contribution is 2.03. The fourth-order valence-corrected chi connectivity index (χ4v) is 0.935. The van der Waals surface area contributed by atoms with E-state index < -0.39 is 5.97 Å². The van der Waals surface area contributed by atoms with Gasteiger partial charge in [-0.3, -0.25) is 0 Å². The molecular formula is C12H20O4. The summed E-state index contributed by atoms with van der Waals surface area (Å²) in [5, 5.41) is 0. The first kappa shape index (κ1) is 14.9. The summed E-state index contributed by atoms with van der Waals surface area (Å²) >= 11 is 0. The minimum atomic E-state index is -0.454. The van der Waals surface area contributed by atoms with Gasteiger partial charge in [0.25, 0.3) is 0 Å². The molecule has 0 rings (SSSR count). The van der Waals surface area contributed by atoms with Crippen molar-refractivity contribution in [3.63, 3.8) is 0 Å². The van der Waals surface area contributed by atoms with Gasteiger partial charge in [-0.1, -0.05) is 25.7 Å². The SMILES string of the molecule is C=C(COOC(/C=C/C)CC)C(=O)OCC. The molecule has 1 unspecified atom stereocenters. The van der Waals surface area contributed by atoms with Gasteiger partial charge in [0.15, 0.2) is 0 Å². The Balaban J connectivity index is 3.80. The number of hydrogen-bond acceptors (Lipinski definition) is 4. The first-order valence-electron chi connectivity index (χ1n) is 5.41. The Hall–Kier alpha value is -1.13. The molecule has 16 heavy (non-hydrogen) atoms. The quantitative estimate of drug-likeness (QED) is 0.210. The molecule has 4 nitrogen and oxygen atoms in total. The fraction of sp³-hybridized carbons (Fsp3) is 0.583. The average Bonchev–Trinajstić information content (AvgIpc) is 2.28. The van der Waals surface area contributed by atoms with Crippen LogP contribution in [-0.4, -0.2) is 25.3 Å². The minimum absolute atomic E-state index is 0.0207. The molecule has 0 aliphatic carbocycles. The predicted molar refractivity (Wildman–Crippen MR) is 61.7 cm³/mol. The van der Waals surface area contributed by atoms with Crippen molar-refractivity contribution >= 4 is 5.97 Å². The zero-order valence-electron chi connectivity index (χ0n) is 10.2. The second-order valence-corrected chi connectivity index (χ2v) is 3.15. The smallest absolute Gasteiger partial charge is 0.335 e. The van der Waals surface area contributed by atoms with Gasteiger partial charge in [-0.2, -0.15) is 0 Å². The van der Waals surface area contributed by atoms with Crippen LogP contribution >= 0.6 is 0 Å². The Morgan fingerprint density at radius 1 is 1.44 bits per heavy atom. The summed E-state index contributed by atoms with van der Waals surface area (Å²) in [5.41, 5.74) is 0.247. The molecule has 4 heteroatoms. The van der Waals surface area contributed by atoms with E-state index in [9.17, 15) is 4.79 Å². The van der Waals surface area contributed by atoms with Crippen LogP contribution in [0.3, 0.4) is 0 Å². The Bertz CT molecular complexity index is 245. The highest BCUT2D eigenvalue weighted by molar-refractivity contribution is 5.87. The van der Waals surface area contributed by atoms with Crippen LogP contribution < -0.4 is 0 Å². The molecule has 1 atom stereocenters. The van der Waals surface area contributed by atoms with E-state index in [1.807, 2.05) is 26.0 Å². The Labute approximate surface area is 96.8 Å². The molecule has 0 aliphatic heterocycles. The molecule has 0 N–H and O–H groups in total. The standard InChI is InChI=1S/C12H20O4/c1-5-8-11(6-2)16-15-9-10(4)12(13)14-7-3/h5,8,11H,4,6-7,9H2,1-3H3/b8-5+. The van der Waals surface area contributed by atoms with Crippen LogP contribution in [0.15, 0.2) is 24.3 Å². The molecule has 0 amide bonds. The normalized spacial score (nSPS) is 12.7. The van der Waals surface area contributed by atoms with Crippen molar-refractivity contribution < 1.29 is 19.3 Å². The topological polar surface area (TPSA) is 44.8 Å². The molecule has 0 aromatic carbocycles. The fourth-order valence-electron chi connectivity index (χ4n) is 0.935. The van der Waals surface area contributed by atoms with Crippen LogP contribution in [0.5, 0.6) is 0 Å². The summed E-state index contributed by atoms with van der Waals surface area (Å²) in [7, 11) is 0. The number of esters is 1. The monoisotopic (exact) mass is 228 g/mol. The molecule has 0 radical (unpaired) electrons. The maximum atomic E-state index is 11.1. The van der Waals surface area contributed by atoms with Crippen molar-refractivity contribution in [2.45, 2.75) is 33.3 Å². The number of rotatable bonds is 8. The van der Waals surface area contributed by atoms with Crippen LogP contribution in [0.2, 0.25) is 0 Å². The van der Waals surface area contributed by atoms with E-state index in [2.05, 4.69) is 6.58 Å². The third-order valence-electron chi connectivity index (χ3n) is 1.80. The highest BCUT2D eigenvalue weighted by Gasteiger charge is 2.09. The summed E-state index contributed by atoms with van der Waals surface area (Å²) in [6.07, 6.45) is 4.47. The number of carbonyl (C=O) groups excluding carboxylic acids is 1. The molecule has 0 heterocycles. The summed E-state index contributed by atoms with van der Waals surface area (Å²) in [6.45, 7) is 9.52. The van der Waals surface area contributed by atoms with Crippen molar-refractivity contribution in [1.82, 2.24) is 0 Å². The summed E-state index contributed by atoms with van der Waals surface area (Å²) in [5.74, 6) is -0.454. The largest absolute Gasteiger partial charge is 0.463 e. The van der Waals surface area contributed by atoms with E-state index in [0.29, 0.717) is 6.61 Å². The number of ether oxygens (including phenoxy) is 1. The van der Waals surface area contributed by atoms with Gasteiger partial charge in [-0.05, 0) is 20.3 Å². The lowest BCUT2D eigenvalue weighted by molar-refractivity contribution is -0.308. The molecule has 92 valence electrons. The zero-order chi connectivity index (χ0) is 12.4. The molecule has 0 aromatic heterocycles.